The summed E-state index contributed by atoms with van der Waals surface area (Å²) in [5, 5.41) is 8.38. The van der Waals surface area contributed by atoms with Crippen molar-refractivity contribution < 1.29 is 4.42 Å². The van der Waals surface area contributed by atoms with Gasteiger partial charge in [0.15, 0.2) is 0 Å². The summed E-state index contributed by atoms with van der Waals surface area (Å²) >= 11 is 0. The molecule has 124 valence electrons. The summed E-state index contributed by atoms with van der Waals surface area (Å²) in [5.41, 5.74) is 4.14. The van der Waals surface area contributed by atoms with Crippen molar-refractivity contribution in [2.45, 2.75) is 13.5 Å². The fraction of sp³-hybridized carbons (Fsp3) is 0.105. The van der Waals surface area contributed by atoms with E-state index >= 15 is 0 Å². The molecule has 0 aliphatic heterocycles. The van der Waals surface area contributed by atoms with Gasteiger partial charge in [-0.05, 0) is 48.4 Å². The van der Waals surface area contributed by atoms with E-state index in [0.717, 1.165) is 27.9 Å². The molecule has 0 saturated heterocycles. The van der Waals surface area contributed by atoms with Gasteiger partial charge in [-0.1, -0.05) is 12.1 Å². The second-order valence-corrected chi connectivity index (χ2v) is 5.83. The predicted molar refractivity (Wildman–Crippen MR) is 95.9 cm³/mol. The van der Waals surface area contributed by atoms with Crippen LogP contribution in [0, 0.1) is 6.92 Å². The first kappa shape index (κ1) is 15.1. The van der Waals surface area contributed by atoms with Crippen LogP contribution in [0.15, 0.2) is 70.4 Å². The number of benzene rings is 2. The molecular formula is C19H16N4O2. The van der Waals surface area contributed by atoms with Crippen molar-refractivity contribution >= 4 is 16.7 Å². The van der Waals surface area contributed by atoms with Gasteiger partial charge < -0.3 is 9.73 Å². The second kappa shape index (κ2) is 6.24. The molecule has 0 saturated carbocycles. The van der Waals surface area contributed by atoms with Gasteiger partial charge in [-0.3, -0.25) is 0 Å². The van der Waals surface area contributed by atoms with E-state index in [0.29, 0.717) is 12.1 Å². The number of rotatable bonds is 4. The summed E-state index contributed by atoms with van der Waals surface area (Å²) in [7, 11) is 0. The summed E-state index contributed by atoms with van der Waals surface area (Å²) in [4.78, 5) is 15.7. The summed E-state index contributed by atoms with van der Waals surface area (Å²) in [6.45, 7) is 2.51. The molecule has 2 aromatic carbocycles. The molecule has 0 aliphatic rings. The van der Waals surface area contributed by atoms with Gasteiger partial charge >= 0.3 is 5.63 Å². The van der Waals surface area contributed by atoms with Crippen LogP contribution in [0.1, 0.15) is 11.1 Å². The van der Waals surface area contributed by atoms with Gasteiger partial charge in [-0.15, -0.1) is 0 Å². The Morgan fingerprint density at radius 2 is 1.96 bits per heavy atom. The molecule has 0 spiro atoms. The Balaban J connectivity index is 1.57. The Labute approximate surface area is 143 Å². The Morgan fingerprint density at radius 1 is 1.12 bits per heavy atom. The highest BCUT2D eigenvalue weighted by Crippen LogP contribution is 2.20. The third-order valence-corrected chi connectivity index (χ3v) is 4.02. The number of anilines is 1. The van der Waals surface area contributed by atoms with E-state index in [4.69, 9.17) is 4.42 Å². The first-order valence-electron chi connectivity index (χ1n) is 7.91. The molecule has 0 aliphatic carbocycles. The van der Waals surface area contributed by atoms with Crippen LogP contribution < -0.4 is 10.9 Å². The topological polar surface area (TPSA) is 73.0 Å². The van der Waals surface area contributed by atoms with Crippen LogP contribution >= 0.6 is 0 Å². The van der Waals surface area contributed by atoms with Gasteiger partial charge in [0.2, 0.25) is 0 Å². The molecule has 0 amide bonds. The zero-order chi connectivity index (χ0) is 17.2. The molecule has 4 aromatic rings. The molecule has 6 nitrogen and oxygen atoms in total. The van der Waals surface area contributed by atoms with Crippen LogP contribution in [-0.2, 0) is 6.54 Å². The van der Waals surface area contributed by atoms with E-state index in [1.165, 1.54) is 12.4 Å². The van der Waals surface area contributed by atoms with Crippen LogP contribution in [0.5, 0.6) is 0 Å². The van der Waals surface area contributed by atoms with Crippen molar-refractivity contribution in [1.29, 1.82) is 0 Å². The minimum absolute atomic E-state index is 0.337. The fourth-order valence-electron chi connectivity index (χ4n) is 2.75. The molecule has 0 radical (unpaired) electrons. The van der Waals surface area contributed by atoms with E-state index < -0.39 is 0 Å². The highest BCUT2D eigenvalue weighted by Gasteiger charge is 2.06. The van der Waals surface area contributed by atoms with Crippen molar-refractivity contribution in [1.82, 2.24) is 14.8 Å². The number of hydrogen-bond donors (Lipinski definition) is 1. The van der Waals surface area contributed by atoms with Gasteiger partial charge in [0.25, 0.3) is 0 Å². The first-order chi connectivity index (χ1) is 12.2. The van der Waals surface area contributed by atoms with Gasteiger partial charge in [0.1, 0.15) is 18.2 Å². The van der Waals surface area contributed by atoms with Crippen molar-refractivity contribution in [2.75, 3.05) is 5.32 Å². The molecule has 2 heterocycles. The highest BCUT2D eigenvalue weighted by atomic mass is 16.4. The van der Waals surface area contributed by atoms with Crippen LogP contribution in [0.2, 0.25) is 0 Å². The van der Waals surface area contributed by atoms with E-state index in [-0.39, 0.29) is 5.63 Å². The van der Waals surface area contributed by atoms with Gasteiger partial charge in [-0.2, -0.15) is 5.10 Å². The van der Waals surface area contributed by atoms with Gasteiger partial charge in [-0.25, -0.2) is 14.5 Å². The van der Waals surface area contributed by atoms with Gasteiger partial charge in [0, 0.05) is 23.7 Å². The lowest BCUT2D eigenvalue weighted by Crippen LogP contribution is -2.06. The van der Waals surface area contributed by atoms with E-state index in [1.54, 1.807) is 11.0 Å². The lowest BCUT2D eigenvalue weighted by atomic mass is 10.1. The smallest absolute Gasteiger partial charge is 0.336 e. The summed E-state index contributed by atoms with van der Waals surface area (Å²) in [6.07, 6.45) is 3.15. The molecule has 0 atom stereocenters. The molecule has 4 rings (SSSR count). The lowest BCUT2D eigenvalue weighted by molar-refractivity contribution is 0.559. The molecule has 0 unspecified atom stereocenters. The molecular weight excluding hydrogens is 316 g/mol. The number of hydrogen-bond acceptors (Lipinski definition) is 5. The standard InChI is InChI=1S/C19H16N4O2/c1-13-2-7-17-14(9-19(24)25-18(17)8-13)10-21-15-3-5-16(6-4-15)23-12-20-11-22-23/h2-9,11-12,21H,10H2,1H3. The number of aromatic nitrogens is 3. The average molecular weight is 332 g/mol. The quantitative estimate of drug-likeness (QED) is 0.581. The zero-order valence-corrected chi connectivity index (χ0v) is 13.6. The monoisotopic (exact) mass is 332 g/mol. The fourth-order valence-corrected chi connectivity index (χ4v) is 2.75. The molecule has 0 fully saturated rings. The maximum Gasteiger partial charge on any atom is 0.336 e. The van der Waals surface area contributed by atoms with Crippen LogP contribution in [0.3, 0.4) is 0 Å². The van der Waals surface area contributed by atoms with E-state index in [1.807, 2.05) is 49.4 Å². The number of nitrogens with zero attached hydrogens (tertiary/aromatic N) is 3. The molecule has 0 bridgehead atoms. The van der Waals surface area contributed by atoms with Crippen molar-refractivity contribution in [3.63, 3.8) is 0 Å². The van der Waals surface area contributed by atoms with Crippen molar-refractivity contribution in [2.24, 2.45) is 0 Å². The molecule has 6 heteroatoms. The highest BCUT2D eigenvalue weighted by molar-refractivity contribution is 5.81. The largest absolute Gasteiger partial charge is 0.423 e. The Kier molecular flexibility index (Phi) is 3.78. The molecule has 2 aromatic heterocycles. The Morgan fingerprint density at radius 3 is 2.72 bits per heavy atom. The SMILES string of the molecule is Cc1ccc2c(CNc3ccc(-n4cncn4)cc3)cc(=O)oc2c1. The lowest BCUT2D eigenvalue weighted by Gasteiger charge is -2.10. The molecule has 1 N–H and O–H groups in total. The minimum atomic E-state index is -0.337. The van der Waals surface area contributed by atoms with Crippen molar-refractivity contribution in [3.8, 4) is 5.69 Å². The van der Waals surface area contributed by atoms with Gasteiger partial charge in [0.05, 0.1) is 5.69 Å². The summed E-state index contributed by atoms with van der Waals surface area (Å²) < 4.78 is 6.99. The van der Waals surface area contributed by atoms with Crippen LogP contribution in [0.25, 0.3) is 16.7 Å². The van der Waals surface area contributed by atoms with Crippen LogP contribution in [-0.4, -0.2) is 14.8 Å². The number of aryl methyl sites for hydroxylation is 1. The van der Waals surface area contributed by atoms with Crippen molar-refractivity contribution in [3.05, 3.63) is 82.7 Å². The van der Waals surface area contributed by atoms with Crippen LogP contribution in [0.4, 0.5) is 5.69 Å². The molecule has 25 heavy (non-hydrogen) atoms. The summed E-state index contributed by atoms with van der Waals surface area (Å²) in [6, 6.07) is 15.3. The third kappa shape index (κ3) is 3.14. The second-order valence-electron chi connectivity index (χ2n) is 5.83. The first-order valence-corrected chi connectivity index (χ1v) is 7.91. The zero-order valence-electron chi connectivity index (χ0n) is 13.6. The summed E-state index contributed by atoms with van der Waals surface area (Å²) in [5.74, 6) is 0. The minimum Gasteiger partial charge on any atom is -0.423 e. The van der Waals surface area contributed by atoms with E-state index in [9.17, 15) is 4.79 Å². The maximum atomic E-state index is 11.8. The van der Waals surface area contributed by atoms with E-state index in [2.05, 4.69) is 15.4 Å². The third-order valence-electron chi connectivity index (χ3n) is 4.02. The number of nitrogens with one attached hydrogen (secondary N) is 1. The average Bonchev–Trinajstić information content (AvgIpc) is 3.14. The maximum absolute atomic E-state index is 11.8. The Hall–Kier alpha value is -3.41. The normalized spacial score (nSPS) is 10.9. The predicted octanol–water partition coefficient (Wildman–Crippen LogP) is 3.29. The number of fused-ring (bicyclic) bond motifs is 1. The Bertz CT molecular complexity index is 1070.